The third-order valence-corrected chi connectivity index (χ3v) is 9.42. The van der Waals surface area contributed by atoms with Crippen LogP contribution >= 0.6 is 0 Å². The first-order valence-electron chi connectivity index (χ1n) is 14.9. The lowest BCUT2D eigenvalue weighted by atomic mass is 9.74. The van der Waals surface area contributed by atoms with Gasteiger partial charge in [-0.2, -0.15) is 9.97 Å². The Morgan fingerprint density at radius 1 is 1.15 bits per heavy atom. The van der Waals surface area contributed by atoms with Crippen molar-refractivity contribution >= 4 is 22.5 Å². The highest BCUT2D eigenvalue weighted by atomic mass is 16.5. The van der Waals surface area contributed by atoms with E-state index in [2.05, 4.69) is 55.5 Å². The van der Waals surface area contributed by atoms with Crippen molar-refractivity contribution in [2.45, 2.75) is 57.5 Å². The molecule has 0 radical (unpaired) electrons. The Hall–Kier alpha value is -3.65. The summed E-state index contributed by atoms with van der Waals surface area (Å²) in [5, 5.41) is 12.8. The van der Waals surface area contributed by atoms with Gasteiger partial charge in [-0.15, -0.1) is 0 Å². The minimum absolute atomic E-state index is 0.0271. The average molecular weight is 556 g/mol. The van der Waals surface area contributed by atoms with Crippen LogP contribution < -0.4 is 9.64 Å². The number of benzene rings is 2. The van der Waals surface area contributed by atoms with Crippen LogP contribution in [0.3, 0.4) is 0 Å². The molecule has 4 atom stereocenters. The third-order valence-electron chi connectivity index (χ3n) is 9.42. The zero-order valence-electron chi connectivity index (χ0n) is 24.4. The topological polar surface area (TPSA) is 82.0 Å². The van der Waals surface area contributed by atoms with E-state index < -0.39 is 0 Å². The van der Waals surface area contributed by atoms with E-state index in [-0.39, 0.29) is 17.9 Å². The number of aromatic nitrogens is 2. The number of carbonyl (C=O) groups is 1. The Kier molecular flexibility index (Phi) is 7.60. The Bertz CT molecular complexity index is 1460. The molecule has 3 heterocycles. The Morgan fingerprint density at radius 2 is 1.98 bits per heavy atom. The SMILES string of the molecule is C=CC(=O)N1CCN(c2nc(OCC3CCCN3C)nc3c2C[C@H](C)[C@@H](c2cc(O)cc4ccccc24)C3)C(C)C1. The number of anilines is 1. The maximum absolute atomic E-state index is 12.3. The molecular weight excluding hydrogens is 514 g/mol. The van der Waals surface area contributed by atoms with E-state index in [0.717, 1.165) is 42.7 Å². The molecule has 0 spiro atoms. The number of aromatic hydroxyl groups is 1. The summed E-state index contributed by atoms with van der Waals surface area (Å²) in [6.07, 6.45) is 5.29. The molecule has 1 amide bonds. The van der Waals surface area contributed by atoms with E-state index >= 15 is 0 Å². The van der Waals surface area contributed by atoms with Gasteiger partial charge in [-0.1, -0.05) is 37.8 Å². The van der Waals surface area contributed by atoms with Crippen LogP contribution in [0.15, 0.2) is 49.1 Å². The monoisotopic (exact) mass is 555 g/mol. The number of likely N-dealkylation sites (N-methyl/N-ethyl adjacent to an activating group) is 1. The number of nitrogens with zero attached hydrogens (tertiary/aromatic N) is 5. The molecule has 2 saturated heterocycles. The number of ether oxygens (including phenoxy) is 1. The Labute approximate surface area is 242 Å². The highest BCUT2D eigenvalue weighted by Crippen LogP contribution is 2.43. The van der Waals surface area contributed by atoms with Crippen LogP contribution in [-0.4, -0.2) is 82.7 Å². The zero-order chi connectivity index (χ0) is 28.7. The molecular formula is C33H41N5O3. The minimum atomic E-state index is -0.0271. The zero-order valence-corrected chi connectivity index (χ0v) is 24.4. The van der Waals surface area contributed by atoms with Crippen LogP contribution in [0.4, 0.5) is 5.82 Å². The molecule has 3 aromatic rings. The molecule has 216 valence electrons. The Morgan fingerprint density at radius 3 is 2.73 bits per heavy atom. The maximum atomic E-state index is 12.3. The quantitative estimate of drug-likeness (QED) is 0.447. The minimum Gasteiger partial charge on any atom is -0.508 e. The van der Waals surface area contributed by atoms with Crippen molar-refractivity contribution in [3.8, 4) is 11.8 Å². The fourth-order valence-corrected chi connectivity index (χ4v) is 7.06. The molecule has 8 heteroatoms. The molecule has 0 saturated carbocycles. The highest BCUT2D eigenvalue weighted by molar-refractivity contribution is 5.88. The summed E-state index contributed by atoms with van der Waals surface area (Å²) in [4.78, 5) is 28.9. The molecule has 1 N–H and O–H groups in total. The van der Waals surface area contributed by atoms with Crippen LogP contribution in [0.5, 0.6) is 11.8 Å². The van der Waals surface area contributed by atoms with Crippen molar-refractivity contribution in [2.75, 3.05) is 44.7 Å². The first-order valence-corrected chi connectivity index (χ1v) is 14.9. The lowest BCUT2D eigenvalue weighted by Gasteiger charge is -2.42. The van der Waals surface area contributed by atoms with Crippen molar-refractivity contribution in [1.82, 2.24) is 19.8 Å². The average Bonchev–Trinajstić information content (AvgIpc) is 3.39. The summed E-state index contributed by atoms with van der Waals surface area (Å²) < 4.78 is 6.32. The molecule has 0 bridgehead atoms. The number of hydrogen-bond acceptors (Lipinski definition) is 7. The molecule has 1 aliphatic carbocycles. The molecule has 6 rings (SSSR count). The van der Waals surface area contributed by atoms with Crippen molar-refractivity contribution < 1.29 is 14.6 Å². The number of rotatable bonds is 6. The fraction of sp³-hybridized carbons (Fsp3) is 0.485. The molecule has 2 aliphatic heterocycles. The highest BCUT2D eigenvalue weighted by Gasteiger charge is 2.36. The molecule has 2 fully saturated rings. The molecule has 41 heavy (non-hydrogen) atoms. The molecule has 2 unspecified atom stereocenters. The lowest BCUT2D eigenvalue weighted by Crippen LogP contribution is -2.54. The van der Waals surface area contributed by atoms with Gasteiger partial charge in [-0.05, 0) is 92.6 Å². The third kappa shape index (κ3) is 5.37. The van der Waals surface area contributed by atoms with Gasteiger partial charge in [0.25, 0.3) is 0 Å². The van der Waals surface area contributed by atoms with Gasteiger partial charge in [0.1, 0.15) is 18.2 Å². The number of fused-ring (bicyclic) bond motifs is 2. The van der Waals surface area contributed by atoms with Crippen molar-refractivity contribution in [2.24, 2.45) is 5.92 Å². The summed E-state index contributed by atoms with van der Waals surface area (Å²) in [6.45, 7) is 11.7. The number of hydrogen-bond donors (Lipinski definition) is 1. The second-order valence-electron chi connectivity index (χ2n) is 12.1. The first-order chi connectivity index (χ1) is 19.8. The van der Waals surface area contributed by atoms with Crippen LogP contribution in [0.2, 0.25) is 0 Å². The van der Waals surface area contributed by atoms with Crippen LogP contribution in [-0.2, 0) is 17.6 Å². The summed E-state index contributed by atoms with van der Waals surface area (Å²) in [6, 6.07) is 13.0. The number of piperazine rings is 1. The van der Waals surface area contributed by atoms with Crippen LogP contribution in [0.1, 0.15) is 49.4 Å². The van der Waals surface area contributed by atoms with E-state index in [1.165, 1.54) is 29.0 Å². The molecule has 8 nitrogen and oxygen atoms in total. The van der Waals surface area contributed by atoms with Gasteiger partial charge in [0.2, 0.25) is 5.91 Å². The first kappa shape index (κ1) is 27.5. The van der Waals surface area contributed by atoms with E-state index in [1.807, 2.05) is 23.1 Å². The number of likely N-dealkylation sites (tertiary alicyclic amines) is 1. The van der Waals surface area contributed by atoms with Gasteiger partial charge >= 0.3 is 6.01 Å². The summed E-state index contributed by atoms with van der Waals surface area (Å²) >= 11 is 0. The van der Waals surface area contributed by atoms with Crippen LogP contribution in [0.25, 0.3) is 10.8 Å². The van der Waals surface area contributed by atoms with E-state index in [1.54, 1.807) is 0 Å². The lowest BCUT2D eigenvalue weighted by molar-refractivity contribution is -0.126. The van der Waals surface area contributed by atoms with E-state index in [4.69, 9.17) is 14.7 Å². The van der Waals surface area contributed by atoms with Crippen molar-refractivity contribution in [3.63, 3.8) is 0 Å². The van der Waals surface area contributed by atoms with Gasteiger partial charge in [0.15, 0.2) is 0 Å². The second kappa shape index (κ2) is 11.3. The van der Waals surface area contributed by atoms with Gasteiger partial charge in [-0.25, -0.2) is 0 Å². The van der Waals surface area contributed by atoms with Crippen molar-refractivity contribution in [3.05, 3.63) is 65.9 Å². The largest absolute Gasteiger partial charge is 0.508 e. The maximum Gasteiger partial charge on any atom is 0.318 e. The van der Waals surface area contributed by atoms with Crippen LogP contribution in [0, 0.1) is 5.92 Å². The summed E-state index contributed by atoms with van der Waals surface area (Å²) in [5.41, 5.74) is 3.37. The summed E-state index contributed by atoms with van der Waals surface area (Å²) in [5.74, 6) is 1.74. The van der Waals surface area contributed by atoms with Gasteiger partial charge in [0.05, 0.1) is 5.69 Å². The summed E-state index contributed by atoms with van der Waals surface area (Å²) in [7, 11) is 2.15. The van der Waals surface area contributed by atoms with Gasteiger partial charge in [-0.3, -0.25) is 4.79 Å². The second-order valence-corrected chi connectivity index (χ2v) is 12.1. The number of carbonyl (C=O) groups excluding carboxylic acids is 1. The molecule has 3 aliphatic rings. The molecule has 1 aromatic heterocycles. The van der Waals surface area contributed by atoms with E-state index in [9.17, 15) is 9.90 Å². The smallest absolute Gasteiger partial charge is 0.318 e. The number of phenolic OH excluding ortho intramolecular Hbond substituents is 1. The van der Waals surface area contributed by atoms with Crippen molar-refractivity contribution in [1.29, 1.82) is 0 Å². The fourth-order valence-electron chi connectivity index (χ4n) is 7.06. The van der Waals surface area contributed by atoms with Gasteiger partial charge in [0, 0.05) is 37.3 Å². The predicted octanol–water partition coefficient (Wildman–Crippen LogP) is 4.55. The normalized spacial score (nSPS) is 24.9. The standard InChI is InChI=1S/C33H41N5O3/c1-5-31(40)37-13-14-38(22(3)19-37)32-29-15-21(2)27(28-17-25(39)16-23-9-6-7-11-26(23)28)18-30(29)34-33(35-32)41-20-24-10-8-12-36(24)4/h5-7,9,11,16-17,21-22,24,27,39H,1,8,10,12-15,18-20H2,2-4H3/t21-,22?,24?,27-/m0/s1. The Balaban J connectivity index is 1.36. The molecule has 2 aromatic carbocycles. The number of phenols is 1. The van der Waals surface area contributed by atoms with Gasteiger partial charge < -0.3 is 24.5 Å². The number of amides is 1. The predicted molar refractivity (Wildman–Crippen MR) is 162 cm³/mol. The van der Waals surface area contributed by atoms with E-state index in [0.29, 0.717) is 50.0 Å².